The maximum atomic E-state index is 5.10. The molecule has 0 aromatic carbocycles. The van der Waals surface area contributed by atoms with Crippen molar-refractivity contribution in [2.24, 2.45) is 0 Å². The Bertz CT molecular complexity index is 377. The summed E-state index contributed by atoms with van der Waals surface area (Å²) in [6.45, 7) is 13.8. The summed E-state index contributed by atoms with van der Waals surface area (Å²) in [4.78, 5) is 5.10. The van der Waals surface area contributed by atoms with Gasteiger partial charge < -0.3 is 0 Å². The molecular formula is C19H33N. The van der Waals surface area contributed by atoms with Crippen molar-refractivity contribution >= 4 is 0 Å². The number of nitrogens with zero attached hydrogens (tertiary/aromatic N) is 1. The molecule has 0 N–H and O–H groups in total. The van der Waals surface area contributed by atoms with Crippen LogP contribution in [-0.4, -0.2) is 4.98 Å². The lowest BCUT2D eigenvalue weighted by Gasteiger charge is -2.32. The Labute approximate surface area is 126 Å². The minimum Gasteiger partial charge on any atom is -0.257 e. The van der Waals surface area contributed by atoms with Gasteiger partial charge in [-0.2, -0.15) is 0 Å². The average molecular weight is 275 g/mol. The molecule has 1 aromatic rings. The molecule has 2 unspecified atom stereocenters. The zero-order valence-corrected chi connectivity index (χ0v) is 14.4. The minimum atomic E-state index is 0.228. The summed E-state index contributed by atoms with van der Waals surface area (Å²) in [7, 11) is 0. The van der Waals surface area contributed by atoms with E-state index in [2.05, 4.69) is 59.7 Å². The van der Waals surface area contributed by atoms with E-state index in [1.165, 1.54) is 37.1 Å². The predicted molar refractivity (Wildman–Crippen MR) is 89.3 cm³/mol. The number of pyridine rings is 1. The predicted octanol–water partition coefficient (Wildman–Crippen LogP) is 6.02. The van der Waals surface area contributed by atoms with Crippen LogP contribution in [0.5, 0.6) is 0 Å². The molecule has 2 atom stereocenters. The molecule has 0 saturated carbocycles. The van der Waals surface area contributed by atoms with Crippen LogP contribution in [0.1, 0.15) is 91.5 Å². The van der Waals surface area contributed by atoms with E-state index in [-0.39, 0.29) is 10.8 Å². The van der Waals surface area contributed by atoms with Gasteiger partial charge in [0, 0.05) is 22.2 Å². The molecule has 1 heteroatoms. The first-order chi connectivity index (χ1) is 9.45. The average Bonchev–Trinajstić information content (AvgIpc) is 2.47. The fourth-order valence-electron chi connectivity index (χ4n) is 3.18. The monoisotopic (exact) mass is 275 g/mol. The van der Waals surface area contributed by atoms with Crippen LogP contribution in [0.25, 0.3) is 0 Å². The Balaban J connectivity index is 3.18. The highest BCUT2D eigenvalue weighted by molar-refractivity contribution is 5.24. The largest absolute Gasteiger partial charge is 0.257 e. The highest BCUT2D eigenvalue weighted by Crippen LogP contribution is 2.35. The molecule has 0 aliphatic heterocycles. The SMILES string of the molecule is CCCC(C)(CC)c1cccc(C(C)(CC)CCC)n1. The molecule has 0 bridgehead atoms. The summed E-state index contributed by atoms with van der Waals surface area (Å²) in [5, 5.41) is 0. The van der Waals surface area contributed by atoms with Crippen molar-refractivity contribution in [2.75, 3.05) is 0 Å². The van der Waals surface area contributed by atoms with Gasteiger partial charge in [-0.1, -0.05) is 60.5 Å². The molecule has 20 heavy (non-hydrogen) atoms. The third-order valence-electron chi connectivity index (χ3n) is 5.15. The summed E-state index contributed by atoms with van der Waals surface area (Å²) >= 11 is 0. The van der Waals surface area contributed by atoms with Gasteiger partial charge in [0.25, 0.3) is 0 Å². The van der Waals surface area contributed by atoms with Gasteiger partial charge in [-0.05, 0) is 37.8 Å². The molecule has 0 aliphatic rings. The number of aromatic nitrogens is 1. The van der Waals surface area contributed by atoms with E-state index in [9.17, 15) is 0 Å². The molecule has 0 saturated heterocycles. The van der Waals surface area contributed by atoms with E-state index < -0.39 is 0 Å². The summed E-state index contributed by atoms with van der Waals surface area (Å²) in [5.41, 5.74) is 3.03. The smallest absolute Gasteiger partial charge is 0.0466 e. The van der Waals surface area contributed by atoms with Crippen LogP contribution in [0.15, 0.2) is 18.2 Å². The maximum Gasteiger partial charge on any atom is 0.0466 e. The lowest BCUT2D eigenvalue weighted by Crippen LogP contribution is -2.27. The molecule has 1 nitrogen and oxygen atoms in total. The maximum absolute atomic E-state index is 5.10. The van der Waals surface area contributed by atoms with Gasteiger partial charge in [-0.3, -0.25) is 4.98 Å². The lowest BCUT2D eigenvalue weighted by molar-refractivity contribution is 0.378. The molecule has 114 valence electrons. The van der Waals surface area contributed by atoms with Crippen LogP contribution in [0.2, 0.25) is 0 Å². The zero-order valence-electron chi connectivity index (χ0n) is 14.4. The van der Waals surface area contributed by atoms with E-state index in [1.807, 2.05) is 0 Å². The van der Waals surface area contributed by atoms with Crippen LogP contribution in [0.4, 0.5) is 0 Å². The first kappa shape index (κ1) is 17.2. The normalized spacial score (nSPS) is 17.5. The standard InChI is InChI=1S/C19H33N/c1-7-14-18(5,9-3)16-12-11-13-17(20-16)19(6,10-4)15-8-2/h11-13H,7-10,14-15H2,1-6H3. The van der Waals surface area contributed by atoms with E-state index >= 15 is 0 Å². The molecule has 0 spiro atoms. The van der Waals surface area contributed by atoms with Crippen LogP contribution < -0.4 is 0 Å². The third-order valence-corrected chi connectivity index (χ3v) is 5.15. The molecule has 0 radical (unpaired) electrons. The van der Waals surface area contributed by atoms with Crippen LogP contribution >= 0.6 is 0 Å². The molecule has 1 rings (SSSR count). The van der Waals surface area contributed by atoms with Crippen LogP contribution in [0, 0.1) is 0 Å². The van der Waals surface area contributed by atoms with Gasteiger partial charge in [-0.25, -0.2) is 0 Å². The molecule has 1 heterocycles. The molecule has 0 fully saturated rings. The fourth-order valence-corrected chi connectivity index (χ4v) is 3.18. The van der Waals surface area contributed by atoms with Crippen molar-refractivity contribution in [1.29, 1.82) is 0 Å². The van der Waals surface area contributed by atoms with Gasteiger partial charge in [0.05, 0.1) is 0 Å². The van der Waals surface area contributed by atoms with E-state index in [0.717, 1.165) is 12.8 Å². The molecule has 1 aromatic heterocycles. The van der Waals surface area contributed by atoms with Crippen molar-refractivity contribution in [3.63, 3.8) is 0 Å². The number of hydrogen-bond acceptors (Lipinski definition) is 1. The summed E-state index contributed by atoms with van der Waals surface area (Å²) < 4.78 is 0. The van der Waals surface area contributed by atoms with Gasteiger partial charge in [-0.15, -0.1) is 0 Å². The van der Waals surface area contributed by atoms with Crippen molar-refractivity contribution in [1.82, 2.24) is 4.98 Å². The molecule has 0 aliphatic carbocycles. The summed E-state index contributed by atoms with van der Waals surface area (Å²) in [6, 6.07) is 6.67. The second-order valence-electron chi connectivity index (χ2n) is 6.74. The Kier molecular flexibility index (Phi) is 6.23. The molecular weight excluding hydrogens is 242 g/mol. The highest BCUT2D eigenvalue weighted by atomic mass is 14.8. The van der Waals surface area contributed by atoms with Crippen molar-refractivity contribution in [2.45, 2.75) is 90.9 Å². The summed E-state index contributed by atoms with van der Waals surface area (Å²) in [6.07, 6.45) is 7.20. The number of hydrogen-bond donors (Lipinski definition) is 0. The minimum absolute atomic E-state index is 0.228. The second-order valence-corrected chi connectivity index (χ2v) is 6.74. The Morgan fingerprint density at radius 1 is 0.800 bits per heavy atom. The van der Waals surface area contributed by atoms with E-state index in [1.54, 1.807) is 0 Å². The van der Waals surface area contributed by atoms with E-state index in [4.69, 9.17) is 4.98 Å². The summed E-state index contributed by atoms with van der Waals surface area (Å²) in [5.74, 6) is 0. The lowest BCUT2D eigenvalue weighted by atomic mass is 9.77. The third kappa shape index (κ3) is 3.62. The van der Waals surface area contributed by atoms with Gasteiger partial charge in [0.15, 0.2) is 0 Å². The van der Waals surface area contributed by atoms with Gasteiger partial charge in [0.2, 0.25) is 0 Å². The highest BCUT2D eigenvalue weighted by Gasteiger charge is 2.29. The second kappa shape index (κ2) is 7.24. The topological polar surface area (TPSA) is 12.9 Å². The van der Waals surface area contributed by atoms with Gasteiger partial charge >= 0.3 is 0 Å². The number of rotatable bonds is 8. The Hall–Kier alpha value is -0.850. The Morgan fingerprint density at radius 2 is 1.20 bits per heavy atom. The zero-order chi connectivity index (χ0) is 15.2. The first-order valence-corrected chi connectivity index (χ1v) is 8.43. The first-order valence-electron chi connectivity index (χ1n) is 8.43. The van der Waals surface area contributed by atoms with E-state index in [0.29, 0.717) is 0 Å². The van der Waals surface area contributed by atoms with Crippen LogP contribution in [-0.2, 0) is 10.8 Å². The van der Waals surface area contributed by atoms with Gasteiger partial charge in [0.1, 0.15) is 0 Å². The fraction of sp³-hybridized carbons (Fsp3) is 0.737. The molecule has 0 amide bonds. The quantitative estimate of drug-likeness (QED) is 0.565. The van der Waals surface area contributed by atoms with Crippen LogP contribution in [0.3, 0.4) is 0 Å². The Morgan fingerprint density at radius 3 is 1.50 bits per heavy atom. The van der Waals surface area contributed by atoms with Crippen molar-refractivity contribution < 1.29 is 0 Å². The van der Waals surface area contributed by atoms with Crippen molar-refractivity contribution in [3.05, 3.63) is 29.6 Å². The van der Waals surface area contributed by atoms with Crippen molar-refractivity contribution in [3.8, 4) is 0 Å².